The van der Waals surface area contributed by atoms with E-state index in [-0.39, 0.29) is 19.1 Å². The lowest BCUT2D eigenvalue weighted by atomic mass is 10.0. The predicted molar refractivity (Wildman–Crippen MR) is 302 cm³/mol. The van der Waals surface area contributed by atoms with Crippen molar-refractivity contribution >= 4 is 13.7 Å². The number of carbonyl (C=O) groups excluding carboxylic acids is 1. The number of allylic oxidation sites excluding steroid dienone is 5. The lowest BCUT2D eigenvalue weighted by molar-refractivity contribution is -0.870. The molecule has 1 amide bonds. The molecule has 2 N–H and O–H groups in total. The zero-order chi connectivity index (χ0) is 51.3. The number of aliphatic hydroxyl groups excluding tert-OH is 1. The molecule has 8 nitrogen and oxygen atoms in total. The molecule has 0 aliphatic rings. The first-order chi connectivity index (χ1) is 34.0. The van der Waals surface area contributed by atoms with Crippen molar-refractivity contribution in [2.45, 2.75) is 309 Å². The van der Waals surface area contributed by atoms with E-state index in [0.29, 0.717) is 17.4 Å². The van der Waals surface area contributed by atoms with Crippen molar-refractivity contribution in [1.82, 2.24) is 5.32 Å². The zero-order valence-electron chi connectivity index (χ0n) is 47.2. The van der Waals surface area contributed by atoms with E-state index in [1.165, 1.54) is 231 Å². The van der Waals surface area contributed by atoms with Crippen molar-refractivity contribution in [2.75, 3.05) is 40.9 Å². The quantitative estimate of drug-likeness (QED) is 0.0272. The number of amides is 1. The first-order valence-electron chi connectivity index (χ1n) is 30.4. The normalized spacial score (nSPS) is 14.1. The van der Waals surface area contributed by atoms with E-state index in [1.54, 1.807) is 6.08 Å². The van der Waals surface area contributed by atoms with Crippen LogP contribution in [0, 0.1) is 0 Å². The largest absolute Gasteiger partial charge is 0.756 e. The molecule has 0 aromatic carbocycles. The second-order valence-corrected chi connectivity index (χ2v) is 23.5. The zero-order valence-corrected chi connectivity index (χ0v) is 48.1. The number of phosphoric ester groups is 1. The Kier molecular flexibility index (Phi) is 51.6. The molecule has 0 heterocycles. The summed E-state index contributed by atoms with van der Waals surface area (Å²) in [6.07, 6.45) is 68.1. The molecule has 70 heavy (non-hydrogen) atoms. The van der Waals surface area contributed by atoms with Gasteiger partial charge in [0, 0.05) is 6.42 Å². The van der Waals surface area contributed by atoms with Crippen LogP contribution in [0.4, 0.5) is 0 Å². The van der Waals surface area contributed by atoms with Crippen LogP contribution in [0.25, 0.3) is 0 Å². The molecule has 0 aromatic rings. The molecule has 0 bridgehead atoms. The Morgan fingerprint density at radius 1 is 0.500 bits per heavy atom. The number of hydrogen-bond acceptors (Lipinski definition) is 6. The maximum atomic E-state index is 13.0. The van der Waals surface area contributed by atoms with E-state index in [9.17, 15) is 19.4 Å². The third kappa shape index (κ3) is 54.5. The average Bonchev–Trinajstić information content (AvgIpc) is 3.32. The van der Waals surface area contributed by atoms with E-state index in [0.717, 1.165) is 44.9 Å². The highest BCUT2D eigenvalue weighted by molar-refractivity contribution is 7.45. The summed E-state index contributed by atoms with van der Waals surface area (Å²) in [5, 5.41) is 13.9. The minimum absolute atomic E-state index is 0.000850. The van der Waals surface area contributed by atoms with Gasteiger partial charge >= 0.3 is 0 Å². The predicted octanol–water partition coefficient (Wildman–Crippen LogP) is 17.9. The molecule has 414 valence electrons. The van der Waals surface area contributed by atoms with Crippen LogP contribution in [0.1, 0.15) is 296 Å². The molecule has 0 fully saturated rings. The highest BCUT2D eigenvalue weighted by atomic mass is 31.2. The fourth-order valence-corrected chi connectivity index (χ4v) is 9.79. The van der Waals surface area contributed by atoms with Gasteiger partial charge in [0.15, 0.2) is 0 Å². The lowest BCUT2D eigenvalue weighted by Crippen LogP contribution is -2.45. The minimum Gasteiger partial charge on any atom is -0.756 e. The summed E-state index contributed by atoms with van der Waals surface area (Å²) in [6, 6.07) is -0.884. The van der Waals surface area contributed by atoms with Crippen LogP contribution < -0.4 is 10.2 Å². The van der Waals surface area contributed by atoms with Crippen molar-refractivity contribution < 1.29 is 32.9 Å². The van der Waals surface area contributed by atoms with Crippen LogP contribution >= 0.6 is 7.82 Å². The molecule has 0 spiro atoms. The summed E-state index contributed by atoms with van der Waals surface area (Å²) in [6.45, 7) is 4.67. The number of unbranched alkanes of at least 4 members (excludes halogenated alkanes) is 39. The molecule has 0 aliphatic carbocycles. The van der Waals surface area contributed by atoms with Crippen molar-refractivity contribution in [3.63, 3.8) is 0 Å². The first kappa shape index (κ1) is 68.7. The number of likely N-dealkylation sites (N-methyl/N-ethyl adjacent to an activating group) is 1. The molecule has 0 saturated carbocycles. The standard InChI is InChI=1S/C61H119N2O6P/c1-6-8-10-12-14-16-18-20-22-23-24-25-26-27-28-29-30-31-32-33-34-35-36-37-38-39-41-43-45-47-49-51-53-55-61(65)62-59(58-69-70(66,67)68-57-56-63(3,4)5)60(64)54-52-50-48-46-44-42-40-21-19-17-15-13-11-9-7-2/h18,20,23-24,52,54,59-60,64H,6-17,19,21-22,25-51,53,55-58H2,1-5H3,(H-,62,65,66,67)/b20-18-,24-23-,54-52+. The Bertz CT molecular complexity index is 1230. The number of quaternary nitrogens is 1. The van der Waals surface area contributed by atoms with Crippen molar-refractivity contribution in [1.29, 1.82) is 0 Å². The molecule has 3 atom stereocenters. The number of rotatable bonds is 56. The van der Waals surface area contributed by atoms with E-state index >= 15 is 0 Å². The second kappa shape index (κ2) is 52.6. The van der Waals surface area contributed by atoms with E-state index < -0.39 is 20.0 Å². The van der Waals surface area contributed by atoms with Gasteiger partial charge in [0.25, 0.3) is 7.82 Å². The fraction of sp³-hybridized carbons (Fsp3) is 0.885. The van der Waals surface area contributed by atoms with Gasteiger partial charge < -0.3 is 28.8 Å². The average molecular weight is 1010 g/mol. The van der Waals surface area contributed by atoms with Crippen LogP contribution in [-0.4, -0.2) is 68.5 Å². The van der Waals surface area contributed by atoms with Gasteiger partial charge in [-0.15, -0.1) is 0 Å². The number of carbonyl (C=O) groups is 1. The molecule has 0 rings (SSSR count). The van der Waals surface area contributed by atoms with Crippen molar-refractivity contribution in [2.24, 2.45) is 0 Å². The molecule has 0 aliphatic heterocycles. The summed E-state index contributed by atoms with van der Waals surface area (Å²) in [7, 11) is 1.27. The number of aliphatic hydroxyl groups is 1. The lowest BCUT2D eigenvalue weighted by Gasteiger charge is -2.29. The van der Waals surface area contributed by atoms with Gasteiger partial charge in [-0.05, 0) is 51.4 Å². The van der Waals surface area contributed by atoms with Gasteiger partial charge in [-0.2, -0.15) is 0 Å². The van der Waals surface area contributed by atoms with Gasteiger partial charge in [-0.1, -0.05) is 275 Å². The van der Waals surface area contributed by atoms with Gasteiger partial charge in [-0.25, -0.2) is 0 Å². The third-order valence-electron chi connectivity index (χ3n) is 13.8. The Balaban J connectivity index is 4.01. The van der Waals surface area contributed by atoms with Crippen LogP contribution in [0.5, 0.6) is 0 Å². The highest BCUT2D eigenvalue weighted by Crippen LogP contribution is 2.38. The minimum atomic E-state index is -4.59. The van der Waals surface area contributed by atoms with Gasteiger partial charge in [0.1, 0.15) is 13.2 Å². The summed E-state index contributed by atoms with van der Waals surface area (Å²) >= 11 is 0. The Morgan fingerprint density at radius 2 is 0.829 bits per heavy atom. The Morgan fingerprint density at radius 3 is 1.19 bits per heavy atom. The molecule has 0 saturated heterocycles. The maximum absolute atomic E-state index is 13.0. The van der Waals surface area contributed by atoms with Gasteiger partial charge in [0.05, 0.1) is 39.9 Å². The van der Waals surface area contributed by atoms with Crippen molar-refractivity contribution in [3.05, 3.63) is 36.5 Å². The molecule has 3 unspecified atom stereocenters. The molecule has 0 radical (unpaired) electrons. The number of phosphoric acid groups is 1. The summed E-state index contributed by atoms with van der Waals surface area (Å²) in [4.78, 5) is 25.5. The van der Waals surface area contributed by atoms with Crippen LogP contribution in [0.3, 0.4) is 0 Å². The third-order valence-corrected chi connectivity index (χ3v) is 14.8. The van der Waals surface area contributed by atoms with E-state index in [2.05, 4.69) is 43.5 Å². The number of nitrogens with one attached hydrogen (secondary N) is 1. The summed E-state index contributed by atoms with van der Waals surface area (Å²) in [5.41, 5.74) is 0. The smallest absolute Gasteiger partial charge is 0.268 e. The maximum Gasteiger partial charge on any atom is 0.268 e. The highest BCUT2D eigenvalue weighted by Gasteiger charge is 2.23. The number of nitrogens with zero attached hydrogens (tertiary/aromatic N) is 1. The van der Waals surface area contributed by atoms with E-state index in [4.69, 9.17) is 9.05 Å². The second-order valence-electron chi connectivity index (χ2n) is 22.1. The molecule has 9 heteroatoms. The van der Waals surface area contributed by atoms with Gasteiger partial charge in [0.2, 0.25) is 5.91 Å². The number of hydrogen-bond donors (Lipinski definition) is 2. The van der Waals surface area contributed by atoms with Crippen LogP contribution in [0.15, 0.2) is 36.5 Å². The Labute approximate surface area is 436 Å². The molecular weight excluding hydrogens is 888 g/mol. The van der Waals surface area contributed by atoms with E-state index in [1.807, 2.05) is 27.2 Å². The van der Waals surface area contributed by atoms with Crippen LogP contribution in [0.2, 0.25) is 0 Å². The topological polar surface area (TPSA) is 108 Å². The molecular formula is C61H119N2O6P. The SMILES string of the molecule is CCCCCCC/C=C\C/C=C\CCCCCCCCCCCCCCCCCCCCCCCC(=O)NC(COP(=O)([O-])OCC[N+](C)(C)C)C(O)/C=C/CCCCCCCCCCCCCCC. The fourth-order valence-electron chi connectivity index (χ4n) is 9.07. The Hall–Kier alpha value is -1.28. The van der Waals surface area contributed by atoms with Crippen molar-refractivity contribution in [3.8, 4) is 0 Å². The van der Waals surface area contributed by atoms with Gasteiger partial charge in [-0.3, -0.25) is 9.36 Å². The molecule has 0 aromatic heterocycles. The van der Waals surface area contributed by atoms with Crippen LogP contribution in [-0.2, 0) is 18.4 Å². The first-order valence-corrected chi connectivity index (χ1v) is 31.8. The monoisotopic (exact) mass is 1010 g/mol. The summed E-state index contributed by atoms with van der Waals surface area (Å²) in [5.74, 6) is -0.193. The summed E-state index contributed by atoms with van der Waals surface area (Å²) < 4.78 is 23.3.